The first-order valence-corrected chi connectivity index (χ1v) is 5.98. The molecule has 0 unspecified atom stereocenters. The van der Waals surface area contributed by atoms with Crippen LogP contribution < -0.4 is 10.2 Å². The quantitative estimate of drug-likeness (QED) is 0.622. The van der Waals surface area contributed by atoms with Gasteiger partial charge in [0.2, 0.25) is 0 Å². The van der Waals surface area contributed by atoms with E-state index in [1.165, 1.54) is 0 Å². The van der Waals surface area contributed by atoms with E-state index in [1.807, 2.05) is 0 Å². The van der Waals surface area contributed by atoms with E-state index in [4.69, 9.17) is 4.74 Å². The van der Waals surface area contributed by atoms with Crippen molar-refractivity contribution in [1.82, 2.24) is 4.98 Å². The molecular weight excluding hydrogens is 273 g/mol. The molecular formula is C13H11BF4NO-. The van der Waals surface area contributed by atoms with Gasteiger partial charge in [-0.25, -0.2) is 4.39 Å². The number of pyridine rings is 1. The molecule has 0 amide bonds. The van der Waals surface area contributed by atoms with Gasteiger partial charge in [0.25, 0.3) is 0 Å². The molecule has 0 radical (unpaired) electrons. The minimum Gasteiger partial charge on any atom is -0.493 e. The zero-order valence-electron chi connectivity index (χ0n) is 10.4. The Labute approximate surface area is 113 Å². The van der Waals surface area contributed by atoms with Gasteiger partial charge in [-0.1, -0.05) is 11.5 Å². The van der Waals surface area contributed by atoms with Crippen molar-refractivity contribution >= 4 is 12.4 Å². The summed E-state index contributed by atoms with van der Waals surface area (Å²) in [6.45, 7) is -5.09. The van der Waals surface area contributed by atoms with Gasteiger partial charge < -0.3 is 17.7 Å². The van der Waals surface area contributed by atoms with Gasteiger partial charge in [0.05, 0.1) is 12.4 Å². The van der Waals surface area contributed by atoms with Crippen LogP contribution in [0.1, 0.15) is 5.56 Å². The number of aromatic nitrogens is 1. The van der Waals surface area contributed by atoms with Crippen LogP contribution in [0.4, 0.5) is 17.3 Å². The zero-order chi connectivity index (χ0) is 14.6. The van der Waals surface area contributed by atoms with Crippen LogP contribution in [0, 0.1) is 5.82 Å². The van der Waals surface area contributed by atoms with Crippen molar-refractivity contribution in [2.75, 3.05) is 6.61 Å². The second kappa shape index (κ2) is 5.94. The minimum absolute atomic E-state index is 0.0837. The summed E-state index contributed by atoms with van der Waals surface area (Å²) in [5.74, 6) is -1.22. The number of benzene rings is 1. The molecule has 20 heavy (non-hydrogen) atoms. The molecule has 0 aliphatic heterocycles. The van der Waals surface area contributed by atoms with Gasteiger partial charge in [0.1, 0.15) is 5.75 Å². The van der Waals surface area contributed by atoms with Crippen LogP contribution in [-0.4, -0.2) is 18.6 Å². The van der Waals surface area contributed by atoms with Crippen LogP contribution >= 0.6 is 0 Å². The largest absolute Gasteiger partial charge is 0.512 e. The molecule has 1 heterocycles. The maximum Gasteiger partial charge on any atom is 0.512 e. The highest BCUT2D eigenvalue weighted by atomic mass is 19.4. The second-order valence-electron chi connectivity index (χ2n) is 4.21. The van der Waals surface area contributed by atoms with Gasteiger partial charge in [-0.3, -0.25) is 4.98 Å². The van der Waals surface area contributed by atoms with Crippen molar-refractivity contribution < 1.29 is 22.1 Å². The molecule has 0 spiro atoms. The number of rotatable bonds is 5. The highest BCUT2D eigenvalue weighted by Crippen LogP contribution is 2.17. The Kier molecular flexibility index (Phi) is 4.27. The zero-order valence-corrected chi connectivity index (χ0v) is 10.4. The van der Waals surface area contributed by atoms with Crippen molar-refractivity contribution in [2.24, 2.45) is 0 Å². The molecule has 1 aromatic carbocycles. The van der Waals surface area contributed by atoms with Crippen molar-refractivity contribution in [3.05, 3.63) is 54.1 Å². The van der Waals surface area contributed by atoms with Crippen molar-refractivity contribution in [3.8, 4) is 5.75 Å². The Hall–Kier alpha value is -2.05. The number of nitrogens with zero attached hydrogens (tertiary/aromatic N) is 1. The smallest absolute Gasteiger partial charge is 0.493 e. The highest BCUT2D eigenvalue weighted by molar-refractivity contribution is 6.73. The minimum atomic E-state index is -5.34. The molecule has 0 N–H and O–H groups in total. The normalized spacial score (nSPS) is 11.4. The topological polar surface area (TPSA) is 22.1 Å². The number of ether oxygens (including phenoxy) is 1. The third-order valence-electron chi connectivity index (χ3n) is 2.73. The highest BCUT2D eigenvalue weighted by Gasteiger charge is 2.28. The fourth-order valence-electron chi connectivity index (χ4n) is 1.70. The van der Waals surface area contributed by atoms with E-state index < -0.39 is 18.3 Å². The maximum atomic E-state index is 13.3. The summed E-state index contributed by atoms with van der Waals surface area (Å²) in [4.78, 5) is 3.86. The third kappa shape index (κ3) is 3.72. The number of hydrogen-bond donors (Lipinski definition) is 0. The maximum absolute atomic E-state index is 13.3. The second-order valence-corrected chi connectivity index (χ2v) is 4.21. The first-order valence-electron chi connectivity index (χ1n) is 5.98. The summed E-state index contributed by atoms with van der Waals surface area (Å²) >= 11 is 0. The van der Waals surface area contributed by atoms with E-state index in [0.29, 0.717) is 12.5 Å². The lowest BCUT2D eigenvalue weighted by Gasteiger charge is -2.16. The number of halogens is 4. The predicted molar refractivity (Wildman–Crippen MR) is 68.5 cm³/mol. The lowest BCUT2D eigenvalue weighted by atomic mass is 9.80. The molecule has 1 aromatic heterocycles. The molecule has 0 bridgehead atoms. The number of hydrogen-bond acceptors (Lipinski definition) is 2. The van der Waals surface area contributed by atoms with E-state index in [-0.39, 0.29) is 12.4 Å². The van der Waals surface area contributed by atoms with Gasteiger partial charge in [-0.2, -0.15) is 0 Å². The summed E-state index contributed by atoms with van der Waals surface area (Å²) in [5.41, 5.74) is -0.248. The fourth-order valence-corrected chi connectivity index (χ4v) is 1.70. The Morgan fingerprint density at radius 1 is 1.05 bits per heavy atom. The molecule has 0 saturated heterocycles. The molecule has 0 fully saturated rings. The fraction of sp³-hybridized carbons (Fsp3) is 0.154. The summed E-state index contributed by atoms with van der Waals surface area (Å²) in [6, 6.07) is 6.20. The van der Waals surface area contributed by atoms with E-state index in [9.17, 15) is 17.3 Å². The Bertz CT molecular complexity index is 574. The molecule has 2 nitrogen and oxygen atoms in total. The molecule has 106 valence electrons. The Morgan fingerprint density at radius 2 is 1.75 bits per heavy atom. The average molecular weight is 284 g/mol. The molecule has 2 aromatic rings. The molecule has 0 aliphatic carbocycles. The van der Waals surface area contributed by atoms with Gasteiger partial charge in [0, 0.05) is 24.9 Å². The summed E-state index contributed by atoms with van der Waals surface area (Å²) in [6.07, 6.45) is 3.83. The van der Waals surface area contributed by atoms with E-state index in [0.717, 1.165) is 17.7 Å². The van der Waals surface area contributed by atoms with Gasteiger partial charge in [-0.05, 0) is 23.8 Å². The van der Waals surface area contributed by atoms with Crippen molar-refractivity contribution in [1.29, 1.82) is 0 Å². The monoisotopic (exact) mass is 284 g/mol. The van der Waals surface area contributed by atoms with Crippen LogP contribution in [0.15, 0.2) is 42.7 Å². The van der Waals surface area contributed by atoms with Gasteiger partial charge in [-0.15, -0.1) is 0 Å². The van der Waals surface area contributed by atoms with Crippen LogP contribution in [0.25, 0.3) is 0 Å². The van der Waals surface area contributed by atoms with Gasteiger partial charge in [0.15, 0.2) is 0 Å². The average Bonchev–Trinajstić information content (AvgIpc) is 2.38. The molecule has 2 rings (SSSR count). The Balaban J connectivity index is 1.96. The van der Waals surface area contributed by atoms with Crippen LogP contribution in [-0.2, 0) is 6.42 Å². The first-order chi connectivity index (χ1) is 9.47. The van der Waals surface area contributed by atoms with E-state index in [1.54, 1.807) is 24.5 Å². The van der Waals surface area contributed by atoms with E-state index >= 15 is 0 Å². The van der Waals surface area contributed by atoms with Crippen molar-refractivity contribution in [3.63, 3.8) is 0 Å². The summed E-state index contributed by atoms with van der Waals surface area (Å²) < 4.78 is 55.8. The van der Waals surface area contributed by atoms with Crippen LogP contribution in [0.3, 0.4) is 0 Å². The van der Waals surface area contributed by atoms with Gasteiger partial charge >= 0.3 is 6.98 Å². The molecule has 7 heteroatoms. The standard InChI is InChI=1S/C13H11BF4NO/c15-13-9-11(1-2-12(13)14(16,17)18)20-8-5-10-3-6-19-7-4-10/h1-4,6-7,9H,5,8H2/q-1. The lowest BCUT2D eigenvalue weighted by Crippen LogP contribution is -2.36. The lowest BCUT2D eigenvalue weighted by molar-refractivity contribution is 0.320. The van der Waals surface area contributed by atoms with E-state index in [2.05, 4.69) is 4.98 Å². The first kappa shape index (κ1) is 14.4. The summed E-state index contributed by atoms with van der Waals surface area (Å²) in [5, 5.41) is 0. The van der Waals surface area contributed by atoms with Crippen LogP contribution in [0.2, 0.25) is 0 Å². The predicted octanol–water partition coefficient (Wildman–Crippen LogP) is 2.90. The molecule has 0 aliphatic rings. The SMILES string of the molecule is Fc1cc(OCCc2ccncc2)ccc1[B-](F)(F)F. The van der Waals surface area contributed by atoms with Crippen molar-refractivity contribution in [2.45, 2.75) is 6.42 Å². The molecule has 0 saturated carbocycles. The Morgan fingerprint density at radius 3 is 2.35 bits per heavy atom. The van der Waals surface area contributed by atoms with Crippen LogP contribution in [0.5, 0.6) is 5.75 Å². The third-order valence-corrected chi connectivity index (χ3v) is 2.73. The molecule has 0 atom stereocenters. The summed E-state index contributed by atoms with van der Waals surface area (Å²) in [7, 11) is 0.